The lowest BCUT2D eigenvalue weighted by molar-refractivity contribution is 0.0694. The van der Waals surface area contributed by atoms with E-state index in [1.807, 2.05) is 53.4 Å². The summed E-state index contributed by atoms with van der Waals surface area (Å²) in [6, 6.07) is 15.5. The molecule has 1 amide bonds. The molecule has 2 aliphatic rings. The number of amides is 1. The van der Waals surface area contributed by atoms with Crippen LogP contribution in [0.2, 0.25) is 5.02 Å². The second-order valence-electron chi connectivity index (χ2n) is 5.15. The predicted molar refractivity (Wildman–Crippen MR) is 77.7 cm³/mol. The molecule has 4 rings (SSSR count). The summed E-state index contributed by atoms with van der Waals surface area (Å²) in [5.41, 5.74) is 2.34. The average Bonchev–Trinajstić information content (AvgIpc) is 3.01. The van der Waals surface area contributed by atoms with Crippen molar-refractivity contribution in [2.75, 3.05) is 13.1 Å². The highest BCUT2D eigenvalue weighted by molar-refractivity contribution is 6.30. The van der Waals surface area contributed by atoms with Gasteiger partial charge in [0, 0.05) is 29.2 Å². The smallest absolute Gasteiger partial charge is 0.256 e. The van der Waals surface area contributed by atoms with Crippen LogP contribution < -0.4 is 5.32 Å². The zero-order valence-corrected chi connectivity index (χ0v) is 11.5. The molecule has 1 N–H and O–H groups in total. The Kier molecular flexibility index (Phi) is 2.43. The SMILES string of the molecule is O=C1c2ccccc2[C@@]2(c3ccc(Cl)cc3)NCCN12. The predicted octanol–water partition coefficient (Wildman–Crippen LogP) is 2.60. The molecule has 2 aromatic rings. The zero-order chi connectivity index (χ0) is 13.7. The Morgan fingerprint density at radius 2 is 1.85 bits per heavy atom. The van der Waals surface area contributed by atoms with E-state index in [1.54, 1.807) is 0 Å². The largest absolute Gasteiger partial charge is 0.311 e. The first-order valence-electron chi connectivity index (χ1n) is 6.66. The fraction of sp³-hybridized carbons (Fsp3) is 0.188. The summed E-state index contributed by atoms with van der Waals surface area (Å²) in [4.78, 5) is 14.5. The Labute approximate surface area is 122 Å². The molecule has 0 saturated carbocycles. The van der Waals surface area contributed by atoms with Crippen molar-refractivity contribution in [3.05, 3.63) is 70.2 Å². The standard InChI is InChI=1S/C16H13ClN2O/c17-12-7-5-11(6-8-12)16-14-4-2-1-3-13(14)15(20)19(16)10-9-18-16/h1-8,18H,9-10H2/t16-/m0/s1. The number of nitrogens with one attached hydrogen (secondary N) is 1. The number of halogens is 1. The van der Waals surface area contributed by atoms with Crippen molar-refractivity contribution in [1.29, 1.82) is 0 Å². The molecule has 4 heteroatoms. The fourth-order valence-electron chi connectivity index (χ4n) is 3.34. The molecule has 0 aliphatic carbocycles. The summed E-state index contributed by atoms with van der Waals surface area (Å²) < 4.78 is 0. The molecule has 2 heterocycles. The fourth-order valence-corrected chi connectivity index (χ4v) is 3.47. The molecule has 100 valence electrons. The Bertz CT molecular complexity index is 698. The number of nitrogens with zero attached hydrogens (tertiary/aromatic N) is 1. The molecule has 1 fully saturated rings. The van der Waals surface area contributed by atoms with Crippen LogP contribution in [0.25, 0.3) is 0 Å². The van der Waals surface area contributed by atoms with Gasteiger partial charge in [-0.3, -0.25) is 10.1 Å². The quantitative estimate of drug-likeness (QED) is 0.873. The van der Waals surface area contributed by atoms with Crippen LogP contribution in [0.15, 0.2) is 48.5 Å². The molecular weight excluding hydrogens is 272 g/mol. The lowest BCUT2D eigenvalue weighted by Crippen LogP contribution is -2.46. The molecule has 3 nitrogen and oxygen atoms in total. The van der Waals surface area contributed by atoms with Gasteiger partial charge in [-0.1, -0.05) is 41.9 Å². The van der Waals surface area contributed by atoms with E-state index in [-0.39, 0.29) is 5.91 Å². The number of hydrogen-bond donors (Lipinski definition) is 1. The van der Waals surface area contributed by atoms with Gasteiger partial charge >= 0.3 is 0 Å². The molecule has 2 aromatic carbocycles. The monoisotopic (exact) mass is 284 g/mol. The summed E-state index contributed by atoms with van der Waals surface area (Å²) in [7, 11) is 0. The van der Waals surface area contributed by atoms with Crippen molar-refractivity contribution in [3.63, 3.8) is 0 Å². The molecule has 0 bridgehead atoms. The molecule has 20 heavy (non-hydrogen) atoms. The minimum atomic E-state index is -0.529. The molecule has 2 aliphatic heterocycles. The number of carbonyl (C=O) groups is 1. The first-order valence-corrected chi connectivity index (χ1v) is 7.04. The van der Waals surface area contributed by atoms with Crippen molar-refractivity contribution in [2.24, 2.45) is 0 Å². The molecule has 0 radical (unpaired) electrons. The Morgan fingerprint density at radius 1 is 1.10 bits per heavy atom. The zero-order valence-electron chi connectivity index (χ0n) is 10.8. The maximum atomic E-state index is 12.6. The highest BCUT2D eigenvalue weighted by atomic mass is 35.5. The van der Waals surface area contributed by atoms with Crippen molar-refractivity contribution >= 4 is 17.5 Å². The van der Waals surface area contributed by atoms with E-state index in [0.29, 0.717) is 5.02 Å². The summed E-state index contributed by atoms with van der Waals surface area (Å²) in [6.07, 6.45) is 0. The van der Waals surface area contributed by atoms with E-state index in [0.717, 1.165) is 29.8 Å². The third-order valence-corrected chi connectivity index (χ3v) is 4.43. The van der Waals surface area contributed by atoms with Crippen LogP contribution in [0.5, 0.6) is 0 Å². The van der Waals surface area contributed by atoms with Gasteiger partial charge in [0.05, 0.1) is 0 Å². The maximum Gasteiger partial charge on any atom is 0.256 e. The molecule has 0 unspecified atom stereocenters. The van der Waals surface area contributed by atoms with Crippen molar-refractivity contribution in [1.82, 2.24) is 10.2 Å². The van der Waals surface area contributed by atoms with E-state index >= 15 is 0 Å². The van der Waals surface area contributed by atoms with Gasteiger partial charge in [-0.2, -0.15) is 0 Å². The van der Waals surface area contributed by atoms with Gasteiger partial charge < -0.3 is 4.90 Å². The Hall–Kier alpha value is -1.84. The number of benzene rings is 2. The summed E-state index contributed by atoms with van der Waals surface area (Å²) >= 11 is 5.99. The third kappa shape index (κ3) is 1.37. The number of fused-ring (bicyclic) bond motifs is 3. The van der Waals surface area contributed by atoms with Crippen molar-refractivity contribution in [2.45, 2.75) is 5.66 Å². The molecule has 1 saturated heterocycles. The summed E-state index contributed by atoms with van der Waals surface area (Å²) in [5, 5.41) is 4.22. The Balaban J connectivity index is 1.99. The number of rotatable bonds is 1. The molecule has 0 spiro atoms. The third-order valence-electron chi connectivity index (χ3n) is 4.18. The van der Waals surface area contributed by atoms with Crippen LogP contribution in [-0.4, -0.2) is 23.9 Å². The Morgan fingerprint density at radius 3 is 2.65 bits per heavy atom. The van der Waals surface area contributed by atoms with Gasteiger partial charge in [0.1, 0.15) is 5.66 Å². The van der Waals surface area contributed by atoms with E-state index in [9.17, 15) is 4.79 Å². The molecular formula is C16H13ClN2O. The van der Waals surface area contributed by atoms with Crippen LogP contribution in [0.3, 0.4) is 0 Å². The van der Waals surface area contributed by atoms with Crippen molar-refractivity contribution in [3.8, 4) is 0 Å². The van der Waals surface area contributed by atoms with Crippen LogP contribution in [0.1, 0.15) is 21.5 Å². The van der Waals surface area contributed by atoms with Crippen molar-refractivity contribution < 1.29 is 4.79 Å². The van der Waals surface area contributed by atoms with Gasteiger partial charge in [0.2, 0.25) is 0 Å². The van der Waals surface area contributed by atoms with E-state index in [4.69, 9.17) is 11.6 Å². The highest BCUT2D eigenvalue weighted by Gasteiger charge is 2.53. The van der Waals surface area contributed by atoms with Crippen LogP contribution in [-0.2, 0) is 5.66 Å². The van der Waals surface area contributed by atoms with E-state index in [2.05, 4.69) is 5.32 Å². The second kappa shape index (κ2) is 4.08. The number of carbonyl (C=O) groups excluding carboxylic acids is 1. The maximum absolute atomic E-state index is 12.6. The lowest BCUT2D eigenvalue weighted by atomic mass is 9.91. The second-order valence-corrected chi connectivity index (χ2v) is 5.58. The first-order chi connectivity index (χ1) is 9.73. The first kappa shape index (κ1) is 11.9. The van der Waals surface area contributed by atoms with Gasteiger partial charge in [0.15, 0.2) is 0 Å². The van der Waals surface area contributed by atoms with E-state index in [1.165, 1.54) is 0 Å². The minimum Gasteiger partial charge on any atom is -0.311 e. The number of hydrogen-bond acceptors (Lipinski definition) is 2. The van der Waals surface area contributed by atoms with Gasteiger partial charge in [-0.25, -0.2) is 0 Å². The summed E-state index contributed by atoms with van der Waals surface area (Å²) in [5.74, 6) is 0.0977. The van der Waals surface area contributed by atoms with Gasteiger partial charge in [-0.15, -0.1) is 0 Å². The van der Waals surface area contributed by atoms with E-state index < -0.39 is 5.66 Å². The highest BCUT2D eigenvalue weighted by Crippen LogP contribution is 2.44. The molecule has 0 aromatic heterocycles. The van der Waals surface area contributed by atoms with Crippen LogP contribution >= 0.6 is 11.6 Å². The summed E-state index contributed by atoms with van der Waals surface area (Å²) in [6.45, 7) is 1.51. The topological polar surface area (TPSA) is 32.3 Å². The normalized spacial score (nSPS) is 23.9. The minimum absolute atomic E-state index is 0.0977. The average molecular weight is 285 g/mol. The molecule has 1 atom stereocenters. The van der Waals surface area contributed by atoms with Gasteiger partial charge in [-0.05, 0) is 23.8 Å². The van der Waals surface area contributed by atoms with Crippen LogP contribution in [0.4, 0.5) is 0 Å². The lowest BCUT2D eigenvalue weighted by Gasteiger charge is -2.33. The van der Waals surface area contributed by atoms with Crippen LogP contribution in [0, 0.1) is 0 Å². The van der Waals surface area contributed by atoms with Gasteiger partial charge in [0.25, 0.3) is 5.91 Å².